The van der Waals surface area contributed by atoms with Crippen molar-refractivity contribution in [3.05, 3.63) is 59.2 Å². The first-order valence-corrected chi connectivity index (χ1v) is 8.35. The molecule has 0 aliphatic rings. The van der Waals surface area contributed by atoms with Crippen molar-refractivity contribution in [1.82, 2.24) is 5.32 Å². The second-order valence-electron chi connectivity index (χ2n) is 5.71. The van der Waals surface area contributed by atoms with Crippen molar-refractivity contribution in [2.75, 3.05) is 25.1 Å². The molecule has 0 aromatic heterocycles. The molecule has 0 radical (unpaired) electrons. The predicted molar refractivity (Wildman–Crippen MR) is 98.9 cm³/mol. The van der Waals surface area contributed by atoms with Crippen molar-refractivity contribution in [1.29, 1.82) is 0 Å². The zero-order valence-electron chi connectivity index (χ0n) is 14.9. The van der Waals surface area contributed by atoms with Gasteiger partial charge < -0.3 is 15.0 Å². The third kappa shape index (κ3) is 4.28. The summed E-state index contributed by atoms with van der Waals surface area (Å²) in [6.45, 7) is 8.72. The van der Waals surface area contributed by atoms with Crippen LogP contribution < -0.4 is 15.0 Å². The summed E-state index contributed by atoms with van der Waals surface area (Å²) in [7, 11) is 1.63. The van der Waals surface area contributed by atoms with Crippen LogP contribution in [0.3, 0.4) is 0 Å². The molecule has 0 aliphatic heterocycles. The molecule has 0 saturated carbocycles. The molecule has 2 aromatic carbocycles. The van der Waals surface area contributed by atoms with Gasteiger partial charge in [0, 0.05) is 30.9 Å². The zero-order chi connectivity index (χ0) is 17.5. The number of anilines is 1. The van der Waals surface area contributed by atoms with E-state index in [1.807, 2.05) is 19.1 Å². The van der Waals surface area contributed by atoms with Crippen LogP contribution in [0.4, 0.5) is 5.69 Å². The van der Waals surface area contributed by atoms with Crippen molar-refractivity contribution in [2.45, 2.75) is 27.3 Å². The van der Waals surface area contributed by atoms with Crippen LogP contribution in [0.5, 0.6) is 5.75 Å². The van der Waals surface area contributed by atoms with Gasteiger partial charge in [-0.2, -0.15) is 0 Å². The topological polar surface area (TPSA) is 41.6 Å². The van der Waals surface area contributed by atoms with Crippen molar-refractivity contribution >= 4 is 11.6 Å². The molecular formula is C20H26N2O2. The van der Waals surface area contributed by atoms with Crippen LogP contribution in [0.2, 0.25) is 0 Å². The Bertz CT molecular complexity index is 677. The van der Waals surface area contributed by atoms with Crippen LogP contribution in [0.15, 0.2) is 42.5 Å². The average Bonchev–Trinajstić information content (AvgIpc) is 2.61. The van der Waals surface area contributed by atoms with Gasteiger partial charge in [-0.15, -0.1) is 0 Å². The van der Waals surface area contributed by atoms with Crippen LogP contribution in [0.1, 0.15) is 35.3 Å². The Labute approximate surface area is 144 Å². The molecule has 0 fully saturated rings. The van der Waals surface area contributed by atoms with Gasteiger partial charge in [0.05, 0.1) is 7.11 Å². The van der Waals surface area contributed by atoms with Gasteiger partial charge >= 0.3 is 0 Å². The fourth-order valence-electron chi connectivity index (χ4n) is 2.72. The number of hydrogen-bond acceptors (Lipinski definition) is 3. The number of ether oxygens (including phenoxy) is 1. The molecule has 0 saturated heterocycles. The number of carbonyl (C=O) groups is 1. The summed E-state index contributed by atoms with van der Waals surface area (Å²) < 4.78 is 5.22. The van der Waals surface area contributed by atoms with Crippen LogP contribution in [-0.2, 0) is 6.54 Å². The van der Waals surface area contributed by atoms with E-state index in [-0.39, 0.29) is 5.91 Å². The van der Waals surface area contributed by atoms with Gasteiger partial charge in [-0.1, -0.05) is 12.1 Å². The van der Waals surface area contributed by atoms with Gasteiger partial charge in [0.25, 0.3) is 5.91 Å². The van der Waals surface area contributed by atoms with E-state index < -0.39 is 0 Å². The Morgan fingerprint density at radius 1 is 1.08 bits per heavy atom. The van der Waals surface area contributed by atoms with Crippen molar-refractivity contribution in [3.8, 4) is 5.75 Å². The number of nitrogens with one attached hydrogen (secondary N) is 1. The average molecular weight is 326 g/mol. The van der Waals surface area contributed by atoms with E-state index in [4.69, 9.17) is 4.74 Å². The molecule has 4 nitrogen and oxygen atoms in total. The molecular weight excluding hydrogens is 300 g/mol. The fourth-order valence-corrected chi connectivity index (χ4v) is 2.72. The van der Waals surface area contributed by atoms with E-state index in [0.717, 1.165) is 30.0 Å². The van der Waals surface area contributed by atoms with Crippen LogP contribution in [0, 0.1) is 6.92 Å². The summed E-state index contributed by atoms with van der Waals surface area (Å²) in [5, 5.41) is 2.96. The molecule has 0 aliphatic carbocycles. The smallest absolute Gasteiger partial charge is 0.251 e. The number of nitrogens with zero attached hydrogens (tertiary/aromatic N) is 1. The zero-order valence-corrected chi connectivity index (χ0v) is 14.9. The molecule has 0 spiro atoms. The molecule has 0 bridgehead atoms. The quantitative estimate of drug-likeness (QED) is 0.842. The van der Waals surface area contributed by atoms with Crippen molar-refractivity contribution in [2.24, 2.45) is 0 Å². The maximum Gasteiger partial charge on any atom is 0.251 e. The molecule has 0 unspecified atom stereocenters. The van der Waals surface area contributed by atoms with Gasteiger partial charge in [0.1, 0.15) is 5.75 Å². The Kier molecular flexibility index (Phi) is 6.24. The van der Waals surface area contributed by atoms with Crippen molar-refractivity contribution in [3.63, 3.8) is 0 Å². The summed E-state index contributed by atoms with van der Waals surface area (Å²) in [5.74, 6) is 0.715. The highest BCUT2D eigenvalue weighted by atomic mass is 16.5. The second-order valence-corrected chi connectivity index (χ2v) is 5.71. The minimum atomic E-state index is -0.0754. The van der Waals surface area contributed by atoms with Crippen LogP contribution in [0.25, 0.3) is 0 Å². The van der Waals surface area contributed by atoms with Crippen LogP contribution >= 0.6 is 0 Å². The highest BCUT2D eigenvalue weighted by Gasteiger charge is 2.08. The summed E-state index contributed by atoms with van der Waals surface area (Å²) in [6.07, 6.45) is 0. The molecule has 0 atom stereocenters. The lowest BCUT2D eigenvalue weighted by Gasteiger charge is -2.21. The monoisotopic (exact) mass is 326 g/mol. The third-order valence-electron chi connectivity index (χ3n) is 4.18. The largest absolute Gasteiger partial charge is 0.496 e. The molecule has 0 heterocycles. The fraction of sp³-hybridized carbons (Fsp3) is 0.350. The number of methoxy groups -OCH3 is 1. The van der Waals surface area contributed by atoms with Gasteiger partial charge in [0.15, 0.2) is 0 Å². The van der Waals surface area contributed by atoms with E-state index in [1.165, 1.54) is 5.69 Å². The summed E-state index contributed by atoms with van der Waals surface area (Å²) in [4.78, 5) is 14.6. The molecule has 2 rings (SSSR count). The summed E-state index contributed by atoms with van der Waals surface area (Å²) in [5.41, 5.74) is 3.90. The molecule has 1 N–H and O–H groups in total. The first-order valence-electron chi connectivity index (χ1n) is 8.35. The maximum absolute atomic E-state index is 12.3. The van der Waals surface area contributed by atoms with Gasteiger partial charge in [-0.25, -0.2) is 0 Å². The highest BCUT2D eigenvalue weighted by Crippen LogP contribution is 2.19. The maximum atomic E-state index is 12.3. The Morgan fingerprint density at radius 3 is 2.29 bits per heavy atom. The molecule has 128 valence electrons. The van der Waals surface area contributed by atoms with Gasteiger partial charge in [-0.3, -0.25) is 4.79 Å². The Balaban J connectivity index is 1.97. The van der Waals surface area contributed by atoms with Crippen molar-refractivity contribution < 1.29 is 9.53 Å². The number of aryl methyl sites for hydroxylation is 1. The second kappa shape index (κ2) is 8.39. The van der Waals surface area contributed by atoms with Gasteiger partial charge in [-0.05, 0) is 62.2 Å². The van der Waals surface area contributed by atoms with E-state index in [2.05, 4.69) is 48.3 Å². The number of benzene rings is 2. The molecule has 2 aromatic rings. The predicted octanol–water partition coefficient (Wildman–Crippen LogP) is 3.78. The standard InChI is InChI=1S/C20H26N2O2/c1-5-22(6-2)18-10-7-16(8-11-18)14-21-20(23)17-9-12-19(24-4)15(3)13-17/h7-13H,5-6,14H2,1-4H3,(H,21,23). The van der Waals surface area contributed by atoms with E-state index in [0.29, 0.717) is 12.1 Å². The lowest BCUT2D eigenvalue weighted by atomic mass is 10.1. The third-order valence-corrected chi connectivity index (χ3v) is 4.18. The van der Waals surface area contributed by atoms with E-state index in [1.54, 1.807) is 13.2 Å². The van der Waals surface area contributed by atoms with Gasteiger partial charge in [0.2, 0.25) is 0 Å². The Hall–Kier alpha value is -2.49. The van der Waals surface area contributed by atoms with Crippen LogP contribution in [-0.4, -0.2) is 26.1 Å². The summed E-state index contributed by atoms with van der Waals surface area (Å²) >= 11 is 0. The van der Waals surface area contributed by atoms with E-state index in [9.17, 15) is 4.79 Å². The Morgan fingerprint density at radius 2 is 1.75 bits per heavy atom. The van der Waals surface area contributed by atoms with E-state index >= 15 is 0 Å². The lowest BCUT2D eigenvalue weighted by Crippen LogP contribution is -2.23. The number of hydrogen-bond donors (Lipinski definition) is 1. The summed E-state index contributed by atoms with van der Waals surface area (Å²) in [6, 6.07) is 13.8. The number of rotatable bonds is 7. The number of amides is 1. The molecule has 4 heteroatoms. The minimum absolute atomic E-state index is 0.0754. The normalized spacial score (nSPS) is 10.3. The number of carbonyl (C=O) groups excluding carboxylic acids is 1. The lowest BCUT2D eigenvalue weighted by molar-refractivity contribution is 0.0951. The molecule has 1 amide bonds. The SMILES string of the molecule is CCN(CC)c1ccc(CNC(=O)c2ccc(OC)c(C)c2)cc1. The minimum Gasteiger partial charge on any atom is -0.496 e. The molecule has 24 heavy (non-hydrogen) atoms. The highest BCUT2D eigenvalue weighted by molar-refractivity contribution is 5.94. The first-order chi connectivity index (χ1) is 11.6. The first kappa shape index (κ1) is 17.9.